The Morgan fingerprint density at radius 3 is 2.41 bits per heavy atom. The van der Waals surface area contributed by atoms with Crippen LogP contribution in [0.3, 0.4) is 0 Å². The Morgan fingerprint density at radius 2 is 1.80 bits per heavy atom. The number of aromatic amines is 1. The lowest BCUT2D eigenvalue weighted by Gasteiger charge is -2.21. The van der Waals surface area contributed by atoms with Crippen molar-refractivity contribution in [1.82, 2.24) is 20.6 Å². The van der Waals surface area contributed by atoms with Crippen molar-refractivity contribution in [1.29, 1.82) is 0 Å². The Labute approximate surface area is 241 Å². The van der Waals surface area contributed by atoms with Gasteiger partial charge in [0, 0.05) is 48.6 Å². The van der Waals surface area contributed by atoms with Gasteiger partial charge in [-0.3, -0.25) is 4.79 Å². The molecule has 4 rings (SSSR count). The van der Waals surface area contributed by atoms with Gasteiger partial charge in [-0.15, -0.1) is 0 Å². The number of benzene rings is 2. The predicted molar refractivity (Wildman–Crippen MR) is 159 cm³/mol. The first-order chi connectivity index (χ1) is 19.8. The van der Waals surface area contributed by atoms with Crippen LogP contribution in [-0.4, -0.2) is 61.8 Å². The summed E-state index contributed by atoms with van der Waals surface area (Å²) < 4.78 is 42.0. The Bertz CT molecular complexity index is 1510. The average Bonchev–Trinajstić information content (AvgIpc) is 3.33. The molecule has 1 fully saturated rings. The van der Waals surface area contributed by atoms with Crippen LogP contribution in [-0.2, 0) is 22.8 Å². The van der Waals surface area contributed by atoms with E-state index >= 15 is 0 Å². The smallest absolute Gasteiger partial charge is 0.293 e. The highest BCUT2D eigenvalue weighted by molar-refractivity contribution is 7.91. The number of sulfone groups is 1. The van der Waals surface area contributed by atoms with Crippen LogP contribution in [0.2, 0.25) is 0 Å². The zero-order valence-corrected chi connectivity index (χ0v) is 24.3. The van der Waals surface area contributed by atoms with Crippen molar-refractivity contribution < 1.29 is 17.5 Å². The van der Waals surface area contributed by atoms with Crippen LogP contribution >= 0.6 is 0 Å². The largest absolute Gasteiger partial charge is 0.487 e. The molecule has 3 aromatic rings. The van der Waals surface area contributed by atoms with Gasteiger partial charge < -0.3 is 20.4 Å². The minimum Gasteiger partial charge on any atom is -0.487 e. The Balaban J connectivity index is 1.42. The summed E-state index contributed by atoms with van der Waals surface area (Å²) in [6.07, 6.45) is 2.49. The molecule has 0 bridgehead atoms. The topological polar surface area (TPSA) is 113 Å². The van der Waals surface area contributed by atoms with Crippen molar-refractivity contribution in [2.24, 2.45) is 0 Å². The molecule has 2 aromatic carbocycles. The van der Waals surface area contributed by atoms with Gasteiger partial charge in [-0.1, -0.05) is 36.1 Å². The standard InChI is InChI=1S/C31H37FN4O4S/c1-3-40-30-29(35-21-36-31(30)37)16-27(19-33-22(2)17-32)26-12-10-24(11-13-26)5-4-23-6-8-25(9-7-23)18-34-28-14-15-41(38,39)20-28/h6-13,21-22,27-28,33-34H,3,14-20H2,1-2H3,(H,35,36,37)/t22-,27?,28?/m0/s1. The summed E-state index contributed by atoms with van der Waals surface area (Å²) >= 11 is 0. The van der Waals surface area contributed by atoms with E-state index in [1.165, 1.54) is 6.33 Å². The van der Waals surface area contributed by atoms with Crippen molar-refractivity contribution in [3.05, 3.63) is 93.2 Å². The fourth-order valence-corrected chi connectivity index (χ4v) is 6.42. The summed E-state index contributed by atoms with van der Waals surface area (Å²) in [5.74, 6) is 7.01. The van der Waals surface area contributed by atoms with Crippen molar-refractivity contribution in [3.8, 4) is 17.6 Å². The minimum atomic E-state index is -2.89. The molecule has 3 N–H and O–H groups in total. The van der Waals surface area contributed by atoms with E-state index in [1.54, 1.807) is 6.92 Å². The lowest BCUT2D eigenvalue weighted by atomic mass is 9.92. The van der Waals surface area contributed by atoms with Gasteiger partial charge in [0.1, 0.15) is 6.67 Å². The van der Waals surface area contributed by atoms with E-state index in [0.29, 0.717) is 38.2 Å². The SMILES string of the molecule is CCOc1c(CC(CN[C@@H](C)CF)c2ccc(C#Cc3ccc(CNC4CCS(=O)(=O)C4)cc3)cc2)nc[nH]c1=O. The van der Waals surface area contributed by atoms with Gasteiger partial charge in [-0.05, 0) is 55.7 Å². The number of H-pyrrole nitrogens is 1. The van der Waals surface area contributed by atoms with Crippen molar-refractivity contribution in [2.45, 2.75) is 51.2 Å². The van der Waals surface area contributed by atoms with Gasteiger partial charge in [0.25, 0.3) is 5.56 Å². The summed E-state index contributed by atoms with van der Waals surface area (Å²) in [5.41, 5.74) is 4.08. The highest BCUT2D eigenvalue weighted by atomic mass is 32.2. The molecule has 0 saturated carbocycles. The normalized spacial score (nSPS) is 17.4. The van der Waals surface area contributed by atoms with Gasteiger partial charge in [0.15, 0.2) is 9.84 Å². The number of hydrogen-bond acceptors (Lipinski definition) is 7. The maximum absolute atomic E-state index is 13.1. The molecule has 2 unspecified atom stereocenters. The highest BCUT2D eigenvalue weighted by Gasteiger charge is 2.27. The maximum atomic E-state index is 13.1. The van der Waals surface area contributed by atoms with Crippen LogP contribution in [0.1, 0.15) is 54.1 Å². The predicted octanol–water partition coefficient (Wildman–Crippen LogP) is 3.12. The number of nitrogens with one attached hydrogen (secondary N) is 3. The monoisotopic (exact) mass is 580 g/mol. The van der Waals surface area contributed by atoms with E-state index in [9.17, 15) is 17.6 Å². The summed E-state index contributed by atoms with van der Waals surface area (Å²) in [4.78, 5) is 19.2. The summed E-state index contributed by atoms with van der Waals surface area (Å²) in [7, 11) is -2.89. The second-order valence-electron chi connectivity index (χ2n) is 10.4. The first-order valence-corrected chi connectivity index (χ1v) is 15.7. The second kappa shape index (κ2) is 14.4. The number of hydrogen-bond donors (Lipinski definition) is 3. The molecule has 10 heteroatoms. The minimum absolute atomic E-state index is 0.0169. The molecule has 2 heterocycles. The molecular weight excluding hydrogens is 543 g/mol. The molecule has 3 atom stereocenters. The molecule has 1 aliphatic rings. The molecule has 1 aromatic heterocycles. The molecule has 0 spiro atoms. The van der Waals surface area contributed by atoms with Crippen molar-refractivity contribution in [3.63, 3.8) is 0 Å². The fraction of sp³-hybridized carbons (Fsp3) is 0.419. The van der Waals surface area contributed by atoms with Crippen LogP contribution in [0.5, 0.6) is 5.75 Å². The van der Waals surface area contributed by atoms with Gasteiger partial charge >= 0.3 is 0 Å². The number of alkyl halides is 1. The first kappa shape index (κ1) is 30.4. The van der Waals surface area contributed by atoms with Crippen LogP contribution in [0.4, 0.5) is 4.39 Å². The van der Waals surface area contributed by atoms with Crippen LogP contribution in [0.25, 0.3) is 0 Å². The zero-order chi connectivity index (χ0) is 29.2. The van der Waals surface area contributed by atoms with Crippen molar-refractivity contribution >= 4 is 9.84 Å². The fourth-order valence-electron chi connectivity index (χ4n) is 4.71. The van der Waals surface area contributed by atoms with Gasteiger partial charge in [-0.2, -0.15) is 0 Å². The third-order valence-electron chi connectivity index (χ3n) is 7.07. The van der Waals surface area contributed by atoms with E-state index in [1.807, 2.05) is 55.5 Å². The third kappa shape index (κ3) is 8.98. The molecular formula is C31H37FN4O4S. The van der Waals surface area contributed by atoms with E-state index in [4.69, 9.17) is 4.74 Å². The number of rotatable bonds is 12. The third-order valence-corrected chi connectivity index (χ3v) is 8.84. The molecule has 218 valence electrons. The summed E-state index contributed by atoms with van der Waals surface area (Å²) in [5, 5.41) is 6.55. The van der Waals surface area contributed by atoms with Crippen molar-refractivity contribution in [2.75, 3.05) is 31.3 Å². The zero-order valence-electron chi connectivity index (χ0n) is 23.5. The van der Waals surface area contributed by atoms with Gasteiger partial charge in [0.2, 0.25) is 5.75 Å². The Kier molecular flexibility index (Phi) is 10.7. The number of halogens is 1. The first-order valence-electron chi connectivity index (χ1n) is 13.9. The number of ether oxygens (including phenoxy) is 1. The van der Waals surface area contributed by atoms with Crippen LogP contribution in [0, 0.1) is 11.8 Å². The Morgan fingerprint density at radius 1 is 1.12 bits per heavy atom. The van der Waals surface area contributed by atoms with Gasteiger partial charge in [0.05, 0.1) is 30.1 Å². The maximum Gasteiger partial charge on any atom is 0.293 e. The molecule has 0 radical (unpaired) electrons. The summed E-state index contributed by atoms with van der Waals surface area (Å²) in [6, 6.07) is 15.6. The second-order valence-corrected chi connectivity index (χ2v) is 12.6. The highest BCUT2D eigenvalue weighted by Crippen LogP contribution is 2.24. The van der Waals surface area contributed by atoms with E-state index in [2.05, 4.69) is 32.4 Å². The number of aromatic nitrogens is 2. The Hall–Kier alpha value is -3.52. The van der Waals surface area contributed by atoms with E-state index < -0.39 is 16.5 Å². The number of nitrogens with zero attached hydrogens (tertiary/aromatic N) is 1. The average molecular weight is 581 g/mol. The molecule has 1 saturated heterocycles. The van der Waals surface area contributed by atoms with Crippen LogP contribution < -0.4 is 20.9 Å². The molecule has 1 aliphatic heterocycles. The quantitative estimate of drug-likeness (QED) is 0.282. The van der Waals surface area contributed by atoms with Gasteiger partial charge in [-0.25, -0.2) is 17.8 Å². The van der Waals surface area contributed by atoms with Crippen LogP contribution in [0.15, 0.2) is 59.7 Å². The molecule has 41 heavy (non-hydrogen) atoms. The molecule has 8 nitrogen and oxygen atoms in total. The lowest BCUT2D eigenvalue weighted by molar-refractivity contribution is 0.327. The molecule has 0 amide bonds. The lowest BCUT2D eigenvalue weighted by Crippen LogP contribution is -2.33. The molecule has 0 aliphatic carbocycles. The van der Waals surface area contributed by atoms with E-state index in [-0.39, 0.29) is 40.8 Å². The summed E-state index contributed by atoms with van der Waals surface area (Å²) in [6.45, 7) is 4.61. The van der Waals surface area contributed by atoms with E-state index in [0.717, 1.165) is 22.3 Å².